The summed E-state index contributed by atoms with van der Waals surface area (Å²) in [5.41, 5.74) is 3.36. The summed E-state index contributed by atoms with van der Waals surface area (Å²) in [7, 11) is 0. The number of carboxylic acid groups (broad SMARTS) is 1. The van der Waals surface area contributed by atoms with Crippen molar-refractivity contribution in [3.8, 4) is 17.2 Å². The lowest BCUT2D eigenvalue weighted by molar-refractivity contribution is 0.0696. The Bertz CT molecular complexity index is 637. The highest BCUT2D eigenvalue weighted by Gasteiger charge is 2.08. The van der Waals surface area contributed by atoms with E-state index in [0.717, 1.165) is 16.7 Å². The van der Waals surface area contributed by atoms with E-state index >= 15 is 0 Å². The molecule has 3 nitrogen and oxygen atoms in total. The number of nitrogens with zero attached hydrogens (tertiary/aromatic N) is 1. The first-order valence-electron chi connectivity index (χ1n) is 5.46. The third-order valence-electron chi connectivity index (χ3n) is 2.82. The Morgan fingerprint density at radius 1 is 1.11 bits per heavy atom. The highest BCUT2D eigenvalue weighted by Crippen LogP contribution is 2.22. The molecule has 2 aromatic carbocycles. The second kappa shape index (κ2) is 4.72. The van der Waals surface area contributed by atoms with Gasteiger partial charge in [-0.2, -0.15) is 5.26 Å². The number of carboxylic acids is 1. The summed E-state index contributed by atoms with van der Waals surface area (Å²) in [6, 6.07) is 14.4. The first-order chi connectivity index (χ1) is 8.61. The van der Waals surface area contributed by atoms with Crippen LogP contribution in [-0.4, -0.2) is 11.1 Å². The van der Waals surface area contributed by atoms with E-state index in [4.69, 9.17) is 10.4 Å². The molecule has 0 fully saturated rings. The largest absolute Gasteiger partial charge is 0.478 e. The lowest BCUT2D eigenvalue weighted by Crippen LogP contribution is -1.99. The van der Waals surface area contributed by atoms with Crippen LogP contribution in [0.15, 0.2) is 42.5 Å². The van der Waals surface area contributed by atoms with E-state index in [-0.39, 0.29) is 0 Å². The fraction of sp³-hybridized carbons (Fsp3) is 0.0667. The van der Waals surface area contributed by atoms with Gasteiger partial charge < -0.3 is 5.11 Å². The molecule has 0 spiro atoms. The van der Waals surface area contributed by atoms with Crippen LogP contribution in [0.3, 0.4) is 0 Å². The summed E-state index contributed by atoms with van der Waals surface area (Å²) in [5, 5.41) is 17.8. The van der Waals surface area contributed by atoms with Gasteiger partial charge in [-0.15, -0.1) is 0 Å². The molecular weight excluding hydrogens is 226 g/mol. The van der Waals surface area contributed by atoms with Crippen LogP contribution < -0.4 is 0 Å². The second-order valence-corrected chi connectivity index (χ2v) is 4.02. The van der Waals surface area contributed by atoms with Crippen molar-refractivity contribution in [1.29, 1.82) is 5.26 Å². The predicted octanol–water partition coefficient (Wildman–Crippen LogP) is 3.23. The number of rotatable bonds is 2. The van der Waals surface area contributed by atoms with Gasteiger partial charge in [0.05, 0.1) is 17.2 Å². The topological polar surface area (TPSA) is 61.1 Å². The van der Waals surface area contributed by atoms with Crippen LogP contribution >= 0.6 is 0 Å². The van der Waals surface area contributed by atoms with Crippen LogP contribution in [0.25, 0.3) is 11.1 Å². The maximum atomic E-state index is 11.1. The Labute approximate surface area is 105 Å². The van der Waals surface area contributed by atoms with Gasteiger partial charge in [0.1, 0.15) is 0 Å². The molecule has 0 amide bonds. The van der Waals surface area contributed by atoms with Gasteiger partial charge in [-0.1, -0.05) is 24.3 Å². The Kier molecular flexibility index (Phi) is 3.11. The molecule has 0 bridgehead atoms. The van der Waals surface area contributed by atoms with Gasteiger partial charge in [0.25, 0.3) is 0 Å². The standard InChI is InChI=1S/C15H11NO2/c1-10-2-5-13(8-14(10)15(17)18)12-6-3-11(9-16)4-7-12/h2-8H,1H3,(H,17,18). The minimum atomic E-state index is -0.928. The second-order valence-electron chi connectivity index (χ2n) is 4.02. The Balaban J connectivity index is 2.48. The van der Waals surface area contributed by atoms with E-state index in [2.05, 4.69) is 6.07 Å². The van der Waals surface area contributed by atoms with Crippen molar-refractivity contribution in [2.24, 2.45) is 0 Å². The van der Waals surface area contributed by atoms with Gasteiger partial charge in [-0.05, 0) is 41.8 Å². The minimum Gasteiger partial charge on any atom is -0.478 e. The zero-order chi connectivity index (χ0) is 13.1. The molecule has 88 valence electrons. The van der Waals surface area contributed by atoms with Crippen LogP contribution in [0.2, 0.25) is 0 Å². The van der Waals surface area contributed by atoms with E-state index < -0.39 is 5.97 Å². The Morgan fingerprint density at radius 3 is 2.28 bits per heavy atom. The Hall–Kier alpha value is -2.60. The molecule has 0 aliphatic carbocycles. The molecule has 1 N–H and O–H groups in total. The highest BCUT2D eigenvalue weighted by atomic mass is 16.4. The number of hydrogen-bond acceptors (Lipinski definition) is 2. The molecule has 0 aliphatic rings. The van der Waals surface area contributed by atoms with Crippen LogP contribution in [0.1, 0.15) is 21.5 Å². The molecular formula is C15H11NO2. The van der Waals surface area contributed by atoms with Crippen molar-refractivity contribution in [2.75, 3.05) is 0 Å². The quantitative estimate of drug-likeness (QED) is 0.872. The van der Waals surface area contributed by atoms with Gasteiger partial charge in [-0.3, -0.25) is 0 Å². The maximum Gasteiger partial charge on any atom is 0.335 e. The first kappa shape index (κ1) is 11.9. The minimum absolute atomic E-state index is 0.303. The van der Waals surface area contributed by atoms with Crippen LogP contribution in [0, 0.1) is 18.3 Å². The van der Waals surface area contributed by atoms with Gasteiger partial charge in [0.15, 0.2) is 0 Å². The summed E-state index contributed by atoms with van der Waals surface area (Å²) in [4.78, 5) is 11.1. The lowest BCUT2D eigenvalue weighted by atomic mass is 9.99. The SMILES string of the molecule is Cc1ccc(-c2ccc(C#N)cc2)cc1C(=O)O. The van der Waals surface area contributed by atoms with E-state index in [1.165, 1.54) is 0 Å². The summed E-state index contributed by atoms with van der Waals surface area (Å²) in [5.74, 6) is -0.928. The van der Waals surface area contributed by atoms with Crippen molar-refractivity contribution >= 4 is 5.97 Å². The number of aryl methyl sites for hydroxylation is 1. The summed E-state index contributed by atoms with van der Waals surface area (Å²) >= 11 is 0. The number of aromatic carboxylic acids is 1. The molecule has 0 saturated carbocycles. The zero-order valence-electron chi connectivity index (χ0n) is 9.84. The van der Waals surface area contributed by atoms with E-state index in [0.29, 0.717) is 11.1 Å². The van der Waals surface area contributed by atoms with Crippen LogP contribution in [0.5, 0.6) is 0 Å². The molecule has 0 radical (unpaired) electrons. The molecule has 0 heterocycles. The van der Waals surface area contributed by atoms with E-state index in [9.17, 15) is 4.79 Å². The van der Waals surface area contributed by atoms with Crippen LogP contribution in [-0.2, 0) is 0 Å². The summed E-state index contributed by atoms with van der Waals surface area (Å²) < 4.78 is 0. The molecule has 0 saturated heterocycles. The number of hydrogen-bond donors (Lipinski definition) is 1. The smallest absolute Gasteiger partial charge is 0.335 e. The molecule has 3 heteroatoms. The number of carbonyl (C=O) groups is 1. The molecule has 0 atom stereocenters. The van der Waals surface area contributed by atoms with Crippen molar-refractivity contribution in [2.45, 2.75) is 6.92 Å². The average molecular weight is 237 g/mol. The molecule has 0 aliphatic heterocycles. The van der Waals surface area contributed by atoms with E-state index in [1.54, 1.807) is 31.2 Å². The average Bonchev–Trinajstić information content (AvgIpc) is 2.39. The summed E-state index contributed by atoms with van der Waals surface area (Å²) in [6.45, 7) is 1.77. The van der Waals surface area contributed by atoms with Crippen molar-refractivity contribution in [3.63, 3.8) is 0 Å². The first-order valence-corrected chi connectivity index (χ1v) is 5.46. The fourth-order valence-corrected chi connectivity index (χ4v) is 1.77. The predicted molar refractivity (Wildman–Crippen MR) is 68.3 cm³/mol. The maximum absolute atomic E-state index is 11.1. The normalized spacial score (nSPS) is 9.78. The third-order valence-corrected chi connectivity index (χ3v) is 2.82. The molecule has 18 heavy (non-hydrogen) atoms. The molecule has 2 rings (SSSR count). The lowest BCUT2D eigenvalue weighted by Gasteiger charge is -2.06. The van der Waals surface area contributed by atoms with Gasteiger partial charge in [-0.25, -0.2) is 4.79 Å². The van der Waals surface area contributed by atoms with Gasteiger partial charge >= 0.3 is 5.97 Å². The monoisotopic (exact) mass is 237 g/mol. The molecule has 0 aromatic heterocycles. The molecule has 0 unspecified atom stereocenters. The van der Waals surface area contributed by atoms with Crippen LogP contribution in [0.4, 0.5) is 0 Å². The number of nitriles is 1. The summed E-state index contributed by atoms with van der Waals surface area (Å²) in [6.07, 6.45) is 0. The van der Waals surface area contributed by atoms with Crippen molar-refractivity contribution in [1.82, 2.24) is 0 Å². The Morgan fingerprint density at radius 2 is 1.72 bits per heavy atom. The fourth-order valence-electron chi connectivity index (χ4n) is 1.77. The third kappa shape index (κ3) is 2.23. The zero-order valence-corrected chi connectivity index (χ0v) is 9.84. The van der Waals surface area contributed by atoms with Crippen molar-refractivity contribution < 1.29 is 9.90 Å². The van der Waals surface area contributed by atoms with Gasteiger partial charge in [0.2, 0.25) is 0 Å². The van der Waals surface area contributed by atoms with Gasteiger partial charge in [0, 0.05) is 0 Å². The highest BCUT2D eigenvalue weighted by molar-refractivity contribution is 5.91. The van der Waals surface area contributed by atoms with E-state index in [1.807, 2.05) is 18.2 Å². The number of benzene rings is 2. The molecule has 2 aromatic rings. The van der Waals surface area contributed by atoms with Crippen molar-refractivity contribution in [3.05, 3.63) is 59.2 Å².